The lowest BCUT2D eigenvalue weighted by Gasteiger charge is -2.31. The van der Waals surface area contributed by atoms with Crippen LogP contribution in [0, 0.1) is 0 Å². The number of carbonyl (C=O) groups is 2. The van der Waals surface area contributed by atoms with Gasteiger partial charge in [-0.05, 0) is 12.1 Å². The summed E-state index contributed by atoms with van der Waals surface area (Å²) in [5, 5.41) is 2.62. The van der Waals surface area contributed by atoms with Gasteiger partial charge in [0.25, 0.3) is 0 Å². The summed E-state index contributed by atoms with van der Waals surface area (Å²) >= 11 is 0. The Hall–Kier alpha value is -2.11. The van der Waals surface area contributed by atoms with Crippen molar-refractivity contribution in [2.24, 2.45) is 0 Å². The number of nitrogens with zero attached hydrogens (tertiary/aromatic N) is 3. The van der Waals surface area contributed by atoms with Crippen molar-refractivity contribution in [3.63, 3.8) is 0 Å². The molecule has 0 spiro atoms. The van der Waals surface area contributed by atoms with Crippen molar-refractivity contribution in [1.82, 2.24) is 9.88 Å². The molecular weight excluding hydrogens is 220 g/mol. The number of hydrogen-bond acceptors (Lipinski definition) is 3. The SMILES string of the molecule is CC(=O)Nc1ccc2c(n1)CN(C)C(=O)N2C. The Labute approximate surface area is 99.2 Å². The van der Waals surface area contributed by atoms with Crippen LogP contribution in [0.3, 0.4) is 0 Å². The molecule has 0 bridgehead atoms. The van der Waals surface area contributed by atoms with Crippen LogP contribution in [-0.2, 0) is 11.3 Å². The molecule has 17 heavy (non-hydrogen) atoms. The van der Waals surface area contributed by atoms with Crippen LogP contribution in [-0.4, -0.2) is 35.9 Å². The van der Waals surface area contributed by atoms with E-state index in [1.54, 1.807) is 36.0 Å². The third kappa shape index (κ3) is 2.06. The Bertz CT molecular complexity index is 486. The Morgan fingerprint density at radius 1 is 1.41 bits per heavy atom. The van der Waals surface area contributed by atoms with Gasteiger partial charge in [-0.15, -0.1) is 0 Å². The lowest BCUT2D eigenvalue weighted by atomic mass is 10.2. The Morgan fingerprint density at radius 3 is 2.76 bits per heavy atom. The molecule has 0 saturated carbocycles. The number of fused-ring (bicyclic) bond motifs is 1. The maximum absolute atomic E-state index is 11.7. The van der Waals surface area contributed by atoms with Gasteiger partial charge < -0.3 is 10.2 Å². The smallest absolute Gasteiger partial charge is 0.321 e. The van der Waals surface area contributed by atoms with Crippen LogP contribution >= 0.6 is 0 Å². The number of carbonyl (C=O) groups excluding carboxylic acids is 2. The molecule has 1 aromatic rings. The summed E-state index contributed by atoms with van der Waals surface area (Å²) in [6, 6.07) is 3.42. The van der Waals surface area contributed by atoms with Crippen LogP contribution in [0.25, 0.3) is 0 Å². The summed E-state index contributed by atoms with van der Waals surface area (Å²) in [6.07, 6.45) is 0. The van der Waals surface area contributed by atoms with Gasteiger partial charge in [-0.25, -0.2) is 9.78 Å². The Kier molecular flexibility index (Phi) is 2.71. The zero-order valence-corrected chi connectivity index (χ0v) is 10.0. The number of urea groups is 1. The van der Waals surface area contributed by atoms with E-state index in [1.807, 2.05) is 0 Å². The maximum Gasteiger partial charge on any atom is 0.324 e. The predicted molar refractivity (Wildman–Crippen MR) is 63.8 cm³/mol. The van der Waals surface area contributed by atoms with Gasteiger partial charge in [0.1, 0.15) is 5.82 Å². The van der Waals surface area contributed by atoms with Crippen molar-refractivity contribution in [2.45, 2.75) is 13.5 Å². The molecule has 3 amide bonds. The standard InChI is InChI=1S/C11H14N4O2/c1-7(16)12-10-5-4-9-8(13-10)6-14(2)11(17)15(9)3/h4-5H,6H2,1-3H3,(H,12,13,16). The Morgan fingerprint density at radius 2 is 2.12 bits per heavy atom. The minimum Gasteiger partial charge on any atom is -0.321 e. The minimum atomic E-state index is -0.161. The normalized spacial score (nSPS) is 14.6. The highest BCUT2D eigenvalue weighted by Crippen LogP contribution is 2.26. The molecule has 1 aromatic heterocycles. The minimum absolute atomic E-state index is 0.0634. The van der Waals surface area contributed by atoms with E-state index in [9.17, 15) is 9.59 Å². The first-order chi connectivity index (χ1) is 7.99. The average Bonchev–Trinajstić information content (AvgIpc) is 2.25. The van der Waals surface area contributed by atoms with E-state index < -0.39 is 0 Å². The fourth-order valence-electron chi connectivity index (χ4n) is 1.82. The molecule has 1 aliphatic rings. The molecule has 2 heterocycles. The highest BCUT2D eigenvalue weighted by molar-refractivity contribution is 5.94. The molecule has 0 aliphatic carbocycles. The first-order valence-corrected chi connectivity index (χ1v) is 5.25. The second-order valence-corrected chi connectivity index (χ2v) is 4.04. The first kappa shape index (κ1) is 11.4. The van der Waals surface area contributed by atoms with E-state index in [0.717, 1.165) is 11.4 Å². The van der Waals surface area contributed by atoms with Crippen molar-refractivity contribution in [3.8, 4) is 0 Å². The van der Waals surface area contributed by atoms with Gasteiger partial charge in [0.15, 0.2) is 0 Å². The zero-order valence-electron chi connectivity index (χ0n) is 10.0. The highest BCUT2D eigenvalue weighted by atomic mass is 16.2. The molecule has 0 fully saturated rings. The fraction of sp³-hybridized carbons (Fsp3) is 0.364. The second-order valence-electron chi connectivity index (χ2n) is 4.04. The third-order valence-electron chi connectivity index (χ3n) is 2.62. The predicted octanol–water partition coefficient (Wildman–Crippen LogP) is 1.04. The van der Waals surface area contributed by atoms with Gasteiger partial charge >= 0.3 is 6.03 Å². The third-order valence-corrected chi connectivity index (χ3v) is 2.62. The van der Waals surface area contributed by atoms with Gasteiger partial charge in [-0.1, -0.05) is 0 Å². The molecule has 1 aliphatic heterocycles. The van der Waals surface area contributed by atoms with Crippen LogP contribution in [0.15, 0.2) is 12.1 Å². The zero-order chi connectivity index (χ0) is 12.6. The number of nitrogens with one attached hydrogen (secondary N) is 1. The van der Waals surface area contributed by atoms with Gasteiger partial charge in [-0.2, -0.15) is 0 Å². The summed E-state index contributed by atoms with van der Waals surface area (Å²) in [7, 11) is 3.42. The second kappa shape index (κ2) is 4.04. The molecule has 0 saturated heterocycles. The number of amides is 3. The van der Waals surface area contributed by atoms with Crippen molar-refractivity contribution >= 4 is 23.4 Å². The van der Waals surface area contributed by atoms with Crippen LogP contribution in [0.1, 0.15) is 12.6 Å². The number of pyridine rings is 1. The fourth-order valence-corrected chi connectivity index (χ4v) is 1.82. The van der Waals surface area contributed by atoms with Crippen molar-refractivity contribution in [2.75, 3.05) is 24.3 Å². The summed E-state index contributed by atoms with van der Waals surface area (Å²) in [5.74, 6) is 0.346. The summed E-state index contributed by atoms with van der Waals surface area (Å²) < 4.78 is 0. The molecule has 6 nitrogen and oxygen atoms in total. The van der Waals surface area contributed by atoms with Crippen LogP contribution < -0.4 is 10.2 Å². The lowest BCUT2D eigenvalue weighted by molar-refractivity contribution is -0.114. The maximum atomic E-state index is 11.7. The van der Waals surface area contributed by atoms with Gasteiger partial charge in [0.05, 0.1) is 17.9 Å². The van der Waals surface area contributed by atoms with Crippen LogP contribution in [0.2, 0.25) is 0 Å². The average molecular weight is 234 g/mol. The molecule has 1 N–H and O–H groups in total. The quantitative estimate of drug-likeness (QED) is 0.789. The van der Waals surface area contributed by atoms with Gasteiger partial charge in [0, 0.05) is 21.0 Å². The van der Waals surface area contributed by atoms with Crippen LogP contribution in [0.5, 0.6) is 0 Å². The van der Waals surface area contributed by atoms with E-state index in [-0.39, 0.29) is 11.9 Å². The molecule has 0 aromatic carbocycles. The molecule has 0 unspecified atom stereocenters. The summed E-state index contributed by atoms with van der Waals surface area (Å²) in [4.78, 5) is 30.1. The van der Waals surface area contributed by atoms with Crippen molar-refractivity contribution < 1.29 is 9.59 Å². The van der Waals surface area contributed by atoms with Crippen molar-refractivity contribution in [3.05, 3.63) is 17.8 Å². The number of hydrogen-bond donors (Lipinski definition) is 1. The van der Waals surface area contributed by atoms with Crippen molar-refractivity contribution in [1.29, 1.82) is 0 Å². The van der Waals surface area contributed by atoms with E-state index >= 15 is 0 Å². The topological polar surface area (TPSA) is 65.5 Å². The lowest BCUT2D eigenvalue weighted by Crippen LogP contribution is -2.43. The monoisotopic (exact) mass is 234 g/mol. The number of anilines is 2. The molecule has 6 heteroatoms. The highest BCUT2D eigenvalue weighted by Gasteiger charge is 2.26. The molecule has 2 rings (SSSR count). The Balaban J connectivity index is 2.36. The molecular formula is C11H14N4O2. The van der Waals surface area contributed by atoms with E-state index in [4.69, 9.17) is 0 Å². The molecule has 90 valence electrons. The van der Waals surface area contributed by atoms with Crippen LogP contribution in [0.4, 0.5) is 16.3 Å². The van der Waals surface area contributed by atoms with Gasteiger partial charge in [-0.3, -0.25) is 9.69 Å². The van der Waals surface area contributed by atoms with Gasteiger partial charge in [0.2, 0.25) is 5.91 Å². The van der Waals surface area contributed by atoms with E-state index in [1.165, 1.54) is 6.92 Å². The summed E-state index contributed by atoms with van der Waals surface area (Å²) in [5.41, 5.74) is 1.56. The number of rotatable bonds is 1. The number of aromatic nitrogens is 1. The van der Waals surface area contributed by atoms with E-state index in [2.05, 4.69) is 10.3 Å². The largest absolute Gasteiger partial charge is 0.324 e. The van der Waals surface area contributed by atoms with E-state index in [0.29, 0.717) is 12.4 Å². The molecule has 0 atom stereocenters. The summed E-state index contributed by atoms with van der Waals surface area (Å²) in [6.45, 7) is 1.88. The first-order valence-electron chi connectivity index (χ1n) is 5.25. The molecule has 0 radical (unpaired) electrons.